The van der Waals surface area contributed by atoms with Gasteiger partial charge in [0.2, 0.25) is 0 Å². The lowest BCUT2D eigenvalue weighted by atomic mass is 9.98. The summed E-state index contributed by atoms with van der Waals surface area (Å²) < 4.78 is 4.98. The molecule has 0 amide bonds. The van der Waals surface area contributed by atoms with E-state index in [1.807, 2.05) is 0 Å². The number of hydrogen-bond acceptors (Lipinski definition) is 4. The molecule has 1 aliphatic rings. The minimum atomic E-state index is -0.455. The van der Waals surface area contributed by atoms with E-state index < -0.39 is 5.54 Å². The average Bonchev–Trinajstić information content (AvgIpc) is 2.66. The molecule has 1 saturated carbocycles. The Hall–Kier alpha value is -1.20. The first kappa shape index (κ1) is 11.3. The molecule has 3 N–H and O–H groups in total. The van der Waals surface area contributed by atoms with Gasteiger partial charge >= 0.3 is 0 Å². The number of methoxy groups -OCH3 is 1. The van der Waals surface area contributed by atoms with Gasteiger partial charge in [-0.15, -0.1) is 0 Å². The third kappa shape index (κ3) is 2.15. The van der Waals surface area contributed by atoms with E-state index in [9.17, 15) is 4.79 Å². The predicted octanol–water partition coefficient (Wildman–Crippen LogP) is 0.644. The molecule has 5 heteroatoms. The van der Waals surface area contributed by atoms with Crippen LogP contribution >= 0.6 is 0 Å². The second-order valence-electron chi connectivity index (χ2n) is 4.38. The Bertz CT molecular complexity index is 421. The molecule has 1 heterocycles. The first-order chi connectivity index (χ1) is 7.64. The van der Waals surface area contributed by atoms with Gasteiger partial charge in [-0.05, 0) is 12.8 Å². The van der Waals surface area contributed by atoms with E-state index in [0.29, 0.717) is 18.1 Å². The topological polar surface area (TPSA) is 81.0 Å². The Labute approximate surface area is 94.0 Å². The molecule has 1 aliphatic carbocycles. The number of H-pyrrole nitrogens is 1. The molecular formula is C11H17N3O2. The van der Waals surface area contributed by atoms with Crippen LogP contribution in [0.5, 0.6) is 0 Å². The summed E-state index contributed by atoms with van der Waals surface area (Å²) >= 11 is 0. The second kappa shape index (κ2) is 4.35. The molecule has 0 spiro atoms. The number of nitrogens with zero attached hydrogens (tertiary/aromatic N) is 1. The highest BCUT2D eigenvalue weighted by Gasteiger charge is 2.33. The molecule has 1 fully saturated rings. The maximum absolute atomic E-state index is 11.5. The Balaban J connectivity index is 2.36. The maximum atomic E-state index is 11.5. The van der Waals surface area contributed by atoms with Crippen molar-refractivity contribution in [2.24, 2.45) is 5.73 Å². The Morgan fingerprint density at radius 3 is 2.88 bits per heavy atom. The van der Waals surface area contributed by atoms with Gasteiger partial charge in [0.25, 0.3) is 5.56 Å². The van der Waals surface area contributed by atoms with Crippen molar-refractivity contribution in [3.8, 4) is 0 Å². The summed E-state index contributed by atoms with van der Waals surface area (Å²) in [7, 11) is 1.58. The Kier molecular flexibility index (Phi) is 3.07. The van der Waals surface area contributed by atoms with Gasteiger partial charge in [0.05, 0.1) is 17.8 Å². The summed E-state index contributed by atoms with van der Waals surface area (Å²) in [6.45, 7) is 0.340. The van der Waals surface area contributed by atoms with Crippen LogP contribution in [0.15, 0.2) is 10.9 Å². The van der Waals surface area contributed by atoms with Crippen LogP contribution < -0.4 is 11.3 Å². The summed E-state index contributed by atoms with van der Waals surface area (Å²) in [5.74, 6) is 0.601. The fourth-order valence-electron chi connectivity index (χ4n) is 2.21. The highest BCUT2D eigenvalue weighted by molar-refractivity contribution is 5.11. The quantitative estimate of drug-likeness (QED) is 0.788. The molecule has 5 nitrogen and oxygen atoms in total. The monoisotopic (exact) mass is 223 g/mol. The van der Waals surface area contributed by atoms with Gasteiger partial charge in [-0.3, -0.25) is 4.79 Å². The summed E-state index contributed by atoms with van der Waals surface area (Å²) in [5, 5.41) is 0. The minimum absolute atomic E-state index is 0.159. The van der Waals surface area contributed by atoms with Gasteiger partial charge < -0.3 is 15.5 Å². The summed E-state index contributed by atoms with van der Waals surface area (Å²) in [5.41, 5.74) is 6.26. The van der Waals surface area contributed by atoms with E-state index in [4.69, 9.17) is 10.5 Å². The zero-order chi connectivity index (χ0) is 11.6. The molecule has 0 unspecified atom stereocenters. The molecule has 2 rings (SSSR count). The highest BCUT2D eigenvalue weighted by atomic mass is 16.5. The zero-order valence-corrected chi connectivity index (χ0v) is 9.45. The van der Waals surface area contributed by atoms with Crippen LogP contribution in [0.3, 0.4) is 0 Å². The molecule has 0 atom stereocenters. The van der Waals surface area contributed by atoms with Crippen LogP contribution in [0.25, 0.3) is 0 Å². The van der Waals surface area contributed by atoms with Crippen LogP contribution in [-0.2, 0) is 16.9 Å². The molecule has 16 heavy (non-hydrogen) atoms. The summed E-state index contributed by atoms with van der Waals surface area (Å²) in [4.78, 5) is 18.6. The smallest absolute Gasteiger partial charge is 0.251 e. The number of aromatic amines is 1. The molecule has 0 aromatic carbocycles. The lowest BCUT2D eigenvalue weighted by Crippen LogP contribution is -2.37. The number of nitrogens with one attached hydrogen (secondary N) is 1. The van der Waals surface area contributed by atoms with Crippen molar-refractivity contribution in [3.05, 3.63) is 27.9 Å². The van der Waals surface area contributed by atoms with Gasteiger partial charge in [0.15, 0.2) is 0 Å². The van der Waals surface area contributed by atoms with Crippen LogP contribution in [0, 0.1) is 0 Å². The van der Waals surface area contributed by atoms with Crippen LogP contribution in [-0.4, -0.2) is 17.1 Å². The number of aromatic nitrogens is 2. The van der Waals surface area contributed by atoms with Crippen LogP contribution in [0.4, 0.5) is 0 Å². The first-order valence-corrected chi connectivity index (χ1v) is 5.52. The fourth-order valence-corrected chi connectivity index (χ4v) is 2.21. The van der Waals surface area contributed by atoms with E-state index in [-0.39, 0.29) is 5.56 Å². The van der Waals surface area contributed by atoms with Crippen LogP contribution in [0.2, 0.25) is 0 Å². The third-order valence-corrected chi connectivity index (χ3v) is 3.05. The number of rotatable bonds is 3. The molecule has 1 aromatic rings. The number of hydrogen-bond donors (Lipinski definition) is 2. The van der Waals surface area contributed by atoms with E-state index in [2.05, 4.69) is 9.97 Å². The molecule has 88 valence electrons. The van der Waals surface area contributed by atoms with Crippen molar-refractivity contribution >= 4 is 0 Å². The van der Waals surface area contributed by atoms with Crippen molar-refractivity contribution in [2.75, 3.05) is 7.11 Å². The summed E-state index contributed by atoms with van der Waals surface area (Å²) in [6.07, 6.45) is 3.95. The predicted molar refractivity (Wildman–Crippen MR) is 59.9 cm³/mol. The van der Waals surface area contributed by atoms with Gasteiger partial charge in [-0.1, -0.05) is 12.8 Å². The lowest BCUT2D eigenvalue weighted by Gasteiger charge is -2.22. The second-order valence-corrected chi connectivity index (χ2v) is 4.38. The van der Waals surface area contributed by atoms with E-state index in [1.165, 1.54) is 6.07 Å². The Morgan fingerprint density at radius 2 is 2.25 bits per heavy atom. The highest BCUT2D eigenvalue weighted by Crippen LogP contribution is 2.33. The molecule has 0 radical (unpaired) electrons. The van der Waals surface area contributed by atoms with Gasteiger partial charge in [-0.2, -0.15) is 0 Å². The Morgan fingerprint density at radius 1 is 1.56 bits per heavy atom. The summed E-state index contributed by atoms with van der Waals surface area (Å²) in [6, 6.07) is 1.45. The molecule has 0 saturated heterocycles. The zero-order valence-electron chi connectivity index (χ0n) is 9.45. The van der Waals surface area contributed by atoms with Crippen molar-refractivity contribution in [2.45, 2.75) is 37.8 Å². The molecule has 1 aromatic heterocycles. The normalized spacial score (nSPS) is 18.9. The lowest BCUT2D eigenvalue weighted by molar-refractivity contribution is 0.180. The van der Waals surface area contributed by atoms with Crippen molar-refractivity contribution in [3.63, 3.8) is 0 Å². The third-order valence-electron chi connectivity index (χ3n) is 3.05. The van der Waals surface area contributed by atoms with E-state index >= 15 is 0 Å². The van der Waals surface area contributed by atoms with Gasteiger partial charge in [0.1, 0.15) is 5.82 Å². The average molecular weight is 223 g/mol. The van der Waals surface area contributed by atoms with Crippen molar-refractivity contribution in [1.82, 2.24) is 9.97 Å². The molecule has 0 bridgehead atoms. The minimum Gasteiger partial charge on any atom is -0.378 e. The van der Waals surface area contributed by atoms with Gasteiger partial charge in [-0.25, -0.2) is 4.98 Å². The fraction of sp³-hybridized carbons (Fsp3) is 0.636. The largest absolute Gasteiger partial charge is 0.378 e. The van der Waals surface area contributed by atoms with Crippen molar-refractivity contribution < 1.29 is 4.74 Å². The maximum Gasteiger partial charge on any atom is 0.251 e. The molecule has 0 aliphatic heterocycles. The van der Waals surface area contributed by atoms with Gasteiger partial charge in [0, 0.05) is 13.2 Å². The standard InChI is InChI=1S/C11H17N3O2/c1-16-7-8-6-9(15)14-10(13-8)11(12)4-2-3-5-11/h6H,2-5,7,12H2,1H3,(H,13,14,15). The van der Waals surface area contributed by atoms with E-state index in [0.717, 1.165) is 25.7 Å². The number of ether oxygens (including phenoxy) is 1. The van der Waals surface area contributed by atoms with Crippen LogP contribution in [0.1, 0.15) is 37.2 Å². The SMILES string of the molecule is COCc1cc(=O)[nH]c(C2(N)CCCC2)n1. The number of nitrogens with two attached hydrogens (primary N) is 1. The van der Waals surface area contributed by atoms with E-state index in [1.54, 1.807) is 7.11 Å². The molecular weight excluding hydrogens is 206 g/mol. The van der Waals surface area contributed by atoms with Crippen molar-refractivity contribution in [1.29, 1.82) is 0 Å². The first-order valence-electron chi connectivity index (χ1n) is 5.52.